The SMILES string of the molecule is CCNC(=NCc1ccc(-n2nc(C)cc2C)nc1)NC1CCN(C(=O)CC)C1. The molecule has 0 radical (unpaired) electrons. The van der Waals surface area contributed by atoms with Gasteiger partial charge in [0.2, 0.25) is 5.91 Å². The Morgan fingerprint density at radius 1 is 1.31 bits per heavy atom. The van der Waals surface area contributed by atoms with Crippen LogP contribution in [0.25, 0.3) is 5.82 Å². The smallest absolute Gasteiger partial charge is 0.222 e. The van der Waals surface area contributed by atoms with Crippen molar-refractivity contribution in [1.82, 2.24) is 30.3 Å². The van der Waals surface area contributed by atoms with Crippen molar-refractivity contribution in [3.8, 4) is 5.82 Å². The van der Waals surface area contributed by atoms with Crippen LogP contribution >= 0.6 is 0 Å². The summed E-state index contributed by atoms with van der Waals surface area (Å²) in [5.74, 6) is 1.79. The highest BCUT2D eigenvalue weighted by molar-refractivity contribution is 5.80. The molecule has 1 unspecified atom stereocenters. The number of nitrogens with zero attached hydrogens (tertiary/aromatic N) is 5. The van der Waals surface area contributed by atoms with Crippen molar-refractivity contribution in [2.24, 2.45) is 4.99 Å². The van der Waals surface area contributed by atoms with Gasteiger partial charge in [-0.2, -0.15) is 5.10 Å². The van der Waals surface area contributed by atoms with Crippen LogP contribution in [-0.4, -0.2) is 57.2 Å². The van der Waals surface area contributed by atoms with Gasteiger partial charge in [-0.3, -0.25) is 4.79 Å². The Morgan fingerprint density at radius 2 is 2.14 bits per heavy atom. The summed E-state index contributed by atoms with van der Waals surface area (Å²) in [7, 11) is 0. The van der Waals surface area contributed by atoms with E-state index in [-0.39, 0.29) is 11.9 Å². The van der Waals surface area contributed by atoms with Crippen LogP contribution in [0, 0.1) is 13.8 Å². The molecule has 0 aliphatic carbocycles. The minimum atomic E-state index is 0.213. The third-order valence-corrected chi connectivity index (χ3v) is 4.98. The predicted octanol–water partition coefficient (Wildman–Crippen LogP) is 1.95. The van der Waals surface area contributed by atoms with Gasteiger partial charge in [0.1, 0.15) is 0 Å². The van der Waals surface area contributed by atoms with Crippen LogP contribution in [0.5, 0.6) is 0 Å². The topological polar surface area (TPSA) is 87.4 Å². The molecular formula is C21H31N7O. The van der Waals surface area contributed by atoms with E-state index in [0.717, 1.165) is 54.8 Å². The number of nitrogens with one attached hydrogen (secondary N) is 2. The molecule has 0 bridgehead atoms. The summed E-state index contributed by atoms with van der Waals surface area (Å²) in [6, 6.07) is 6.26. The zero-order valence-corrected chi connectivity index (χ0v) is 17.8. The summed E-state index contributed by atoms with van der Waals surface area (Å²) in [6.07, 6.45) is 3.34. The summed E-state index contributed by atoms with van der Waals surface area (Å²) in [6.45, 7) is 10.8. The van der Waals surface area contributed by atoms with Crippen LogP contribution in [0.3, 0.4) is 0 Å². The van der Waals surface area contributed by atoms with Gasteiger partial charge in [-0.25, -0.2) is 14.7 Å². The first-order valence-corrected chi connectivity index (χ1v) is 10.3. The number of hydrogen-bond acceptors (Lipinski definition) is 4. The van der Waals surface area contributed by atoms with Gasteiger partial charge >= 0.3 is 0 Å². The number of rotatable bonds is 6. The molecule has 1 aliphatic heterocycles. The Morgan fingerprint density at radius 3 is 2.76 bits per heavy atom. The van der Waals surface area contributed by atoms with Gasteiger partial charge < -0.3 is 15.5 Å². The second-order valence-electron chi connectivity index (χ2n) is 7.38. The monoisotopic (exact) mass is 397 g/mol. The maximum atomic E-state index is 11.9. The Kier molecular flexibility index (Phi) is 6.85. The fourth-order valence-electron chi connectivity index (χ4n) is 3.51. The number of aromatic nitrogens is 3. The Labute approximate surface area is 172 Å². The molecule has 1 aliphatic rings. The van der Waals surface area contributed by atoms with Crippen LogP contribution in [0.4, 0.5) is 0 Å². The van der Waals surface area contributed by atoms with E-state index in [4.69, 9.17) is 0 Å². The lowest BCUT2D eigenvalue weighted by atomic mass is 10.2. The maximum absolute atomic E-state index is 11.9. The van der Waals surface area contributed by atoms with Crippen LogP contribution in [0.15, 0.2) is 29.4 Å². The summed E-state index contributed by atoms with van der Waals surface area (Å²) in [5, 5.41) is 11.2. The van der Waals surface area contributed by atoms with E-state index in [1.54, 1.807) is 0 Å². The Bertz CT molecular complexity index is 856. The normalized spacial score (nSPS) is 16.9. The van der Waals surface area contributed by atoms with Gasteiger partial charge in [0, 0.05) is 44.0 Å². The molecule has 0 saturated carbocycles. The molecule has 29 heavy (non-hydrogen) atoms. The van der Waals surface area contributed by atoms with Crippen LogP contribution in [0.2, 0.25) is 0 Å². The summed E-state index contributed by atoms with van der Waals surface area (Å²) < 4.78 is 1.84. The average molecular weight is 398 g/mol. The van der Waals surface area contributed by atoms with Crippen molar-refractivity contribution >= 4 is 11.9 Å². The van der Waals surface area contributed by atoms with Crippen molar-refractivity contribution in [2.45, 2.75) is 53.1 Å². The highest BCUT2D eigenvalue weighted by Gasteiger charge is 2.25. The lowest BCUT2D eigenvalue weighted by Crippen LogP contribution is -2.45. The summed E-state index contributed by atoms with van der Waals surface area (Å²) >= 11 is 0. The number of amides is 1. The van der Waals surface area contributed by atoms with E-state index in [9.17, 15) is 4.79 Å². The van der Waals surface area contributed by atoms with Gasteiger partial charge in [-0.15, -0.1) is 0 Å². The fourth-order valence-corrected chi connectivity index (χ4v) is 3.51. The van der Waals surface area contributed by atoms with Crippen molar-refractivity contribution in [2.75, 3.05) is 19.6 Å². The van der Waals surface area contributed by atoms with Gasteiger partial charge in [-0.1, -0.05) is 13.0 Å². The molecule has 3 rings (SSSR count). The van der Waals surface area contributed by atoms with Crippen molar-refractivity contribution in [1.29, 1.82) is 0 Å². The molecule has 0 spiro atoms. The molecule has 2 N–H and O–H groups in total. The van der Waals surface area contributed by atoms with E-state index >= 15 is 0 Å². The van der Waals surface area contributed by atoms with Crippen LogP contribution < -0.4 is 10.6 Å². The molecule has 156 valence electrons. The Hall–Kier alpha value is -2.90. The molecule has 1 fully saturated rings. The molecular weight excluding hydrogens is 366 g/mol. The number of likely N-dealkylation sites (tertiary alicyclic amines) is 1. The maximum Gasteiger partial charge on any atom is 0.222 e. The highest BCUT2D eigenvalue weighted by Crippen LogP contribution is 2.12. The zero-order valence-electron chi connectivity index (χ0n) is 17.8. The number of hydrogen-bond donors (Lipinski definition) is 2. The zero-order chi connectivity index (χ0) is 20.8. The molecule has 3 heterocycles. The lowest BCUT2D eigenvalue weighted by Gasteiger charge is -2.18. The number of aryl methyl sites for hydroxylation is 2. The first-order chi connectivity index (χ1) is 14.0. The quantitative estimate of drug-likeness (QED) is 0.575. The molecule has 1 amide bonds. The second kappa shape index (κ2) is 9.54. The lowest BCUT2D eigenvalue weighted by molar-refractivity contribution is -0.129. The van der Waals surface area contributed by atoms with Crippen LogP contribution in [0.1, 0.15) is 43.6 Å². The molecule has 2 aromatic rings. The first kappa shape index (κ1) is 20.8. The number of aliphatic imine (C=N–C) groups is 1. The fraction of sp³-hybridized carbons (Fsp3) is 0.524. The van der Waals surface area contributed by atoms with Gasteiger partial charge in [0.05, 0.1) is 12.2 Å². The van der Waals surface area contributed by atoms with E-state index in [1.807, 2.05) is 61.7 Å². The van der Waals surface area contributed by atoms with E-state index in [1.165, 1.54) is 0 Å². The van der Waals surface area contributed by atoms with Gasteiger partial charge in [0.25, 0.3) is 0 Å². The average Bonchev–Trinajstić information content (AvgIpc) is 3.32. The number of pyridine rings is 1. The van der Waals surface area contributed by atoms with Gasteiger partial charge in [-0.05, 0) is 44.9 Å². The van der Waals surface area contributed by atoms with Gasteiger partial charge in [0.15, 0.2) is 11.8 Å². The number of carbonyl (C=O) groups excluding carboxylic acids is 1. The number of guanidine groups is 1. The molecule has 8 heteroatoms. The second-order valence-corrected chi connectivity index (χ2v) is 7.38. The van der Waals surface area contributed by atoms with E-state index in [0.29, 0.717) is 13.0 Å². The first-order valence-electron chi connectivity index (χ1n) is 10.3. The molecule has 1 saturated heterocycles. The highest BCUT2D eigenvalue weighted by atomic mass is 16.2. The van der Waals surface area contributed by atoms with Crippen molar-refractivity contribution in [3.63, 3.8) is 0 Å². The molecule has 1 atom stereocenters. The summed E-state index contributed by atoms with van der Waals surface area (Å²) in [4.78, 5) is 23.0. The predicted molar refractivity (Wildman–Crippen MR) is 114 cm³/mol. The molecule has 0 aromatic carbocycles. The minimum Gasteiger partial charge on any atom is -0.357 e. The van der Waals surface area contributed by atoms with E-state index < -0.39 is 0 Å². The largest absolute Gasteiger partial charge is 0.357 e. The standard InChI is InChI=1S/C21H31N7O/c1-5-20(29)27-10-9-18(14-27)25-21(22-6-2)24-13-17-7-8-19(23-12-17)28-16(4)11-15(3)26-28/h7-8,11-12,18H,5-6,9-10,13-14H2,1-4H3,(H2,22,24,25). The van der Waals surface area contributed by atoms with Crippen molar-refractivity contribution in [3.05, 3.63) is 41.3 Å². The molecule has 2 aromatic heterocycles. The van der Waals surface area contributed by atoms with Crippen molar-refractivity contribution < 1.29 is 4.79 Å². The third kappa shape index (κ3) is 5.34. The third-order valence-electron chi connectivity index (χ3n) is 4.98. The van der Waals surface area contributed by atoms with Crippen LogP contribution in [-0.2, 0) is 11.3 Å². The number of carbonyl (C=O) groups is 1. The molecule has 8 nitrogen and oxygen atoms in total. The minimum absolute atomic E-state index is 0.213. The Balaban J connectivity index is 1.61. The van der Waals surface area contributed by atoms with E-state index in [2.05, 4.69) is 25.7 Å². The summed E-state index contributed by atoms with van der Waals surface area (Å²) in [5.41, 5.74) is 3.07.